The molecular formula is C16H20FN5O2. The molecule has 0 aliphatic heterocycles. The molecule has 0 spiro atoms. The molecule has 2 N–H and O–H groups in total. The molecule has 3 rings (SSSR count). The molecule has 1 fully saturated rings. The number of hydrogen-bond donors (Lipinski definition) is 2. The van der Waals surface area contributed by atoms with Gasteiger partial charge in [-0.2, -0.15) is 0 Å². The van der Waals surface area contributed by atoms with Crippen molar-refractivity contribution in [2.75, 3.05) is 6.54 Å². The van der Waals surface area contributed by atoms with Crippen LogP contribution in [-0.2, 0) is 11.2 Å². The number of nitrogens with zero attached hydrogens (tertiary/aromatic N) is 4. The molecule has 0 radical (unpaired) electrons. The van der Waals surface area contributed by atoms with Crippen molar-refractivity contribution in [1.82, 2.24) is 25.5 Å². The largest absolute Gasteiger partial charge is 0.388 e. The summed E-state index contributed by atoms with van der Waals surface area (Å²) in [6, 6.07) is 5.32. The third-order valence-corrected chi connectivity index (χ3v) is 4.47. The van der Waals surface area contributed by atoms with Gasteiger partial charge in [-0.3, -0.25) is 4.79 Å². The van der Waals surface area contributed by atoms with Crippen LogP contribution < -0.4 is 5.32 Å². The van der Waals surface area contributed by atoms with Crippen molar-refractivity contribution in [3.05, 3.63) is 41.5 Å². The Labute approximate surface area is 138 Å². The van der Waals surface area contributed by atoms with Crippen LogP contribution in [-0.4, -0.2) is 43.4 Å². The van der Waals surface area contributed by atoms with Crippen LogP contribution in [0.2, 0.25) is 0 Å². The number of tetrazole rings is 1. The first-order chi connectivity index (χ1) is 11.5. The first-order valence-electron chi connectivity index (χ1n) is 7.96. The van der Waals surface area contributed by atoms with E-state index in [0.29, 0.717) is 25.1 Å². The van der Waals surface area contributed by atoms with E-state index in [9.17, 15) is 14.3 Å². The first kappa shape index (κ1) is 16.5. The molecule has 1 saturated carbocycles. The number of carbonyl (C=O) groups is 1. The Morgan fingerprint density at radius 1 is 1.42 bits per heavy atom. The highest BCUT2D eigenvalue weighted by Gasteiger charge is 2.35. The SMILES string of the molecule is Cc1nnnn1C(Cc1ccc(F)cc1)C(=O)NCC1(O)CCC1. The number of amides is 1. The molecule has 1 atom stereocenters. The van der Waals surface area contributed by atoms with Gasteiger partial charge in [0.25, 0.3) is 0 Å². The maximum Gasteiger partial charge on any atom is 0.245 e. The Morgan fingerprint density at radius 2 is 2.12 bits per heavy atom. The average molecular weight is 333 g/mol. The minimum absolute atomic E-state index is 0.215. The van der Waals surface area contributed by atoms with E-state index in [4.69, 9.17) is 0 Å². The van der Waals surface area contributed by atoms with Crippen molar-refractivity contribution in [3.8, 4) is 0 Å². The van der Waals surface area contributed by atoms with E-state index in [1.165, 1.54) is 16.8 Å². The van der Waals surface area contributed by atoms with Gasteiger partial charge in [-0.1, -0.05) is 12.1 Å². The number of rotatable bonds is 6. The summed E-state index contributed by atoms with van der Waals surface area (Å²) in [6.07, 6.45) is 2.69. The van der Waals surface area contributed by atoms with Crippen LogP contribution >= 0.6 is 0 Å². The van der Waals surface area contributed by atoms with Crippen molar-refractivity contribution >= 4 is 5.91 Å². The quantitative estimate of drug-likeness (QED) is 0.820. The molecule has 2 aromatic rings. The second-order valence-electron chi connectivity index (χ2n) is 6.31. The number of aliphatic hydroxyl groups is 1. The van der Waals surface area contributed by atoms with Gasteiger partial charge >= 0.3 is 0 Å². The molecule has 1 aromatic carbocycles. The second-order valence-corrected chi connectivity index (χ2v) is 6.31. The summed E-state index contributed by atoms with van der Waals surface area (Å²) in [7, 11) is 0. The lowest BCUT2D eigenvalue weighted by atomic mass is 9.80. The summed E-state index contributed by atoms with van der Waals surface area (Å²) < 4.78 is 14.5. The van der Waals surface area contributed by atoms with Gasteiger partial charge in [-0.25, -0.2) is 9.07 Å². The summed E-state index contributed by atoms with van der Waals surface area (Å²) in [6.45, 7) is 1.93. The number of benzene rings is 1. The van der Waals surface area contributed by atoms with Gasteiger partial charge in [-0.05, 0) is 54.3 Å². The lowest BCUT2D eigenvalue weighted by molar-refractivity contribution is -0.127. The fourth-order valence-corrected chi connectivity index (χ4v) is 2.79. The molecule has 24 heavy (non-hydrogen) atoms. The minimum Gasteiger partial charge on any atom is -0.388 e. The Bertz CT molecular complexity index is 712. The van der Waals surface area contributed by atoms with Crippen molar-refractivity contribution < 1.29 is 14.3 Å². The van der Waals surface area contributed by atoms with Crippen molar-refractivity contribution in [3.63, 3.8) is 0 Å². The lowest BCUT2D eigenvalue weighted by Gasteiger charge is -2.36. The van der Waals surface area contributed by atoms with Crippen LogP contribution in [0.4, 0.5) is 4.39 Å². The van der Waals surface area contributed by atoms with Gasteiger partial charge in [-0.15, -0.1) is 5.10 Å². The van der Waals surface area contributed by atoms with Gasteiger partial charge in [0.15, 0.2) is 0 Å². The van der Waals surface area contributed by atoms with Crippen LogP contribution in [0.3, 0.4) is 0 Å². The molecule has 1 aromatic heterocycles. The van der Waals surface area contributed by atoms with Crippen LogP contribution in [0, 0.1) is 12.7 Å². The zero-order valence-electron chi connectivity index (χ0n) is 13.4. The normalized spacial score (nSPS) is 17.1. The summed E-state index contributed by atoms with van der Waals surface area (Å²) in [5.74, 6) is -0.0831. The van der Waals surface area contributed by atoms with Crippen molar-refractivity contribution in [2.24, 2.45) is 0 Å². The highest BCUT2D eigenvalue weighted by molar-refractivity contribution is 5.80. The predicted octanol–water partition coefficient (Wildman–Crippen LogP) is 0.936. The Hall–Kier alpha value is -2.35. The van der Waals surface area contributed by atoms with Gasteiger partial charge in [0.1, 0.15) is 17.7 Å². The zero-order chi connectivity index (χ0) is 17.2. The Balaban J connectivity index is 1.75. The lowest BCUT2D eigenvalue weighted by Crippen LogP contribution is -2.49. The smallest absolute Gasteiger partial charge is 0.245 e. The van der Waals surface area contributed by atoms with Gasteiger partial charge < -0.3 is 10.4 Å². The third kappa shape index (κ3) is 3.59. The fraction of sp³-hybridized carbons (Fsp3) is 0.500. The average Bonchev–Trinajstić information content (AvgIpc) is 2.96. The number of aryl methyl sites for hydroxylation is 1. The van der Waals surface area contributed by atoms with Gasteiger partial charge in [0.05, 0.1) is 5.60 Å². The summed E-state index contributed by atoms with van der Waals surface area (Å²) in [5, 5.41) is 24.2. The topological polar surface area (TPSA) is 92.9 Å². The summed E-state index contributed by atoms with van der Waals surface area (Å²) in [5.41, 5.74) is -0.0000343. The van der Waals surface area contributed by atoms with E-state index in [2.05, 4.69) is 20.8 Å². The molecule has 128 valence electrons. The highest BCUT2D eigenvalue weighted by Crippen LogP contribution is 2.30. The maximum atomic E-state index is 13.1. The Morgan fingerprint density at radius 3 is 2.67 bits per heavy atom. The van der Waals surface area contributed by atoms with E-state index >= 15 is 0 Å². The molecule has 8 heteroatoms. The van der Waals surface area contributed by atoms with Gasteiger partial charge in [0, 0.05) is 13.0 Å². The van der Waals surface area contributed by atoms with E-state index in [0.717, 1.165) is 12.0 Å². The van der Waals surface area contributed by atoms with E-state index in [1.54, 1.807) is 19.1 Å². The number of hydrogen-bond acceptors (Lipinski definition) is 5. The highest BCUT2D eigenvalue weighted by atomic mass is 19.1. The summed E-state index contributed by atoms with van der Waals surface area (Å²) in [4.78, 5) is 12.6. The van der Waals surface area contributed by atoms with Crippen molar-refractivity contribution in [1.29, 1.82) is 0 Å². The number of nitrogens with one attached hydrogen (secondary N) is 1. The molecular weight excluding hydrogens is 313 g/mol. The van der Waals surface area contributed by atoms with E-state index < -0.39 is 11.6 Å². The molecule has 0 saturated heterocycles. The monoisotopic (exact) mass is 333 g/mol. The van der Waals surface area contributed by atoms with Crippen LogP contribution in [0.25, 0.3) is 0 Å². The fourth-order valence-electron chi connectivity index (χ4n) is 2.79. The van der Waals surface area contributed by atoms with Crippen LogP contribution in [0.1, 0.15) is 36.7 Å². The molecule has 7 nitrogen and oxygen atoms in total. The zero-order valence-corrected chi connectivity index (χ0v) is 13.4. The molecule has 1 unspecified atom stereocenters. The number of carbonyl (C=O) groups excluding carboxylic acids is 1. The molecule has 1 amide bonds. The predicted molar refractivity (Wildman–Crippen MR) is 83.5 cm³/mol. The molecule has 1 aliphatic carbocycles. The molecule has 1 heterocycles. The standard InChI is InChI=1S/C16H20FN5O2/c1-11-19-20-21-22(11)14(9-12-3-5-13(17)6-4-12)15(23)18-10-16(24)7-2-8-16/h3-6,14,24H,2,7-10H2,1H3,(H,18,23). The van der Waals surface area contributed by atoms with Gasteiger partial charge in [0.2, 0.25) is 5.91 Å². The second kappa shape index (κ2) is 6.64. The number of halogens is 1. The first-order valence-corrected chi connectivity index (χ1v) is 7.96. The van der Waals surface area contributed by atoms with E-state index in [1.807, 2.05) is 0 Å². The van der Waals surface area contributed by atoms with Crippen LogP contribution in [0.15, 0.2) is 24.3 Å². The minimum atomic E-state index is -0.800. The molecule has 0 bridgehead atoms. The maximum absolute atomic E-state index is 13.1. The number of aromatic nitrogens is 4. The summed E-state index contributed by atoms with van der Waals surface area (Å²) >= 11 is 0. The Kier molecular flexibility index (Phi) is 4.57. The van der Waals surface area contributed by atoms with Crippen molar-refractivity contribution in [2.45, 2.75) is 44.2 Å². The third-order valence-electron chi connectivity index (χ3n) is 4.47. The molecule has 1 aliphatic rings. The van der Waals surface area contributed by atoms with E-state index in [-0.39, 0.29) is 18.3 Å². The van der Waals surface area contributed by atoms with Crippen LogP contribution in [0.5, 0.6) is 0 Å².